The minimum absolute atomic E-state index is 0.0461. The minimum Gasteiger partial charge on any atom is -0.342 e. The molecule has 2 aliphatic rings. The van der Waals surface area contributed by atoms with Gasteiger partial charge in [-0.2, -0.15) is 4.98 Å². The number of piperidine rings is 1. The molecule has 0 spiro atoms. The lowest BCUT2D eigenvalue weighted by Crippen LogP contribution is -2.42. The van der Waals surface area contributed by atoms with E-state index in [1.807, 2.05) is 11.8 Å². The zero-order chi connectivity index (χ0) is 18.3. The Kier molecular flexibility index (Phi) is 4.43. The number of hydrogen-bond donors (Lipinski definition) is 0. The number of rotatable bonds is 3. The summed E-state index contributed by atoms with van der Waals surface area (Å²) in [5, 5.41) is 13.4. The highest BCUT2D eigenvalue weighted by Crippen LogP contribution is 2.31. The van der Waals surface area contributed by atoms with Crippen LogP contribution in [0.4, 0.5) is 5.13 Å². The first-order valence-corrected chi connectivity index (χ1v) is 9.52. The number of anilines is 1. The van der Waals surface area contributed by atoms with Gasteiger partial charge in [-0.1, -0.05) is 16.5 Å². The fourth-order valence-corrected chi connectivity index (χ4v) is 4.26. The first kappa shape index (κ1) is 17.1. The Hall–Kier alpha value is -2.36. The van der Waals surface area contributed by atoms with Crippen molar-refractivity contribution in [3.8, 4) is 0 Å². The number of likely N-dealkylation sites (tertiary alicyclic amines) is 1. The van der Waals surface area contributed by atoms with E-state index in [1.165, 1.54) is 11.3 Å². The van der Waals surface area contributed by atoms with E-state index < -0.39 is 0 Å². The van der Waals surface area contributed by atoms with Gasteiger partial charge in [0, 0.05) is 38.9 Å². The molecular weight excluding hydrogens is 356 g/mol. The van der Waals surface area contributed by atoms with E-state index in [1.54, 1.807) is 11.8 Å². The second-order valence-electron chi connectivity index (χ2n) is 6.78. The largest absolute Gasteiger partial charge is 0.342 e. The molecule has 2 fully saturated rings. The molecule has 4 heterocycles. The van der Waals surface area contributed by atoms with Crippen molar-refractivity contribution in [2.75, 3.05) is 24.5 Å². The van der Waals surface area contributed by atoms with E-state index in [4.69, 9.17) is 4.52 Å². The second-order valence-corrected chi connectivity index (χ2v) is 7.94. The van der Waals surface area contributed by atoms with Crippen LogP contribution in [0.25, 0.3) is 0 Å². The predicted octanol–water partition coefficient (Wildman–Crippen LogP) is 1.30. The number of hydrogen-bond acceptors (Lipinski definition) is 8. The lowest BCUT2D eigenvalue weighted by molar-refractivity contribution is -0.136. The lowest BCUT2D eigenvalue weighted by Gasteiger charge is -2.32. The van der Waals surface area contributed by atoms with Gasteiger partial charge in [0.05, 0.1) is 5.92 Å². The molecule has 4 rings (SSSR count). The second kappa shape index (κ2) is 6.75. The van der Waals surface area contributed by atoms with Crippen LogP contribution >= 0.6 is 11.3 Å². The van der Waals surface area contributed by atoms with Crippen molar-refractivity contribution in [1.82, 2.24) is 25.2 Å². The number of aromatic nitrogens is 4. The average Bonchev–Trinajstić information content (AvgIpc) is 3.34. The van der Waals surface area contributed by atoms with Crippen molar-refractivity contribution in [1.29, 1.82) is 0 Å². The summed E-state index contributed by atoms with van der Waals surface area (Å²) in [6, 6.07) is 0. The molecular formula is C16H20N6O3S. The molecule has 9 nitrogen and oxygen atoms in total. The topological polar surface area (TPSA) is 105 Å². The van der Waals surface area contributed by atoms with Crippen LogP contribution < -0.4 is 4.90 Å². The average molecular weight is 376 g/mol. The van der Waals surface area contributed by atoms with Gasteiger partial charge in [-0.05, 0) is 19.8 Å². The summed E-state index contributed by atoms with van der Waals surface area (Å²) < 4.78 is 5.05. The maximum Gasteiger partial charge on any atom is 0.229 e. The van der Waals surface area contributed by atoms with Gasteiger partial charge in [0.1, 0.15) is 5.01 Å². The highest BCUT2D eigenvalue weighted by atomic mass is 32.1. The number of nitrogens with zero attached hydrogens (tertiary/aromatic N) is 6. The van der Waals surface area contributed by atoms with Gasteiger partial charge in [0.25, 0.3) is 0 Å². The van der Waals surface area contributed by atoms with Crippen LogP contribution in [0, 0.1) is 19.8 Å². The highest BCUT2D eigenvalue weighted by molar-refractivity contribution is 7.15. The number of aryl methyl sites for hydroxylation is 2. The standard InChI is InChI=1S/C16H20N6O3S/c1-9-17-14(20-25-9)11-3-5-21(6-4-11)15(24)12-7-13(23)22(8-12)16-19-18-10(2)26-16/h11-12H,3-8H2,1-2H3. The van der Waals surface area contributed by atoms with Gasteiger partial charge < -0.3 is 9.42 Å². The Bertz CT molecular complexity index is 826. The molecule has 2 saturated heterocycles. The predicted molar refractivity (Wildman–Crippen MR) is 92.7 cm³/mol. The fraction of sp³-hybridized carbons (Fsp3) is 0.625. The van der Waals surface area contributed by atoms with Crippen LogP contribution in [0.15, 0.2) is 4.52 Å². The molecule has 10 heteroatoms. The molecule has 2 aliphatic heterocycles. The highest BCUT2D eigenvalue weighted by Gasteiger charge is 2.39. The third-order valence-electron chi connectivity index (χ3n) is 4.94. The number of carbonyl (C=O) groups is 2. The monoisotopic (exact) mass is 376 g/mol. The van der Waals surface area contributed by atoms with Crippen molar-refractivity contribution in [3.05, 3.63) is 16.7 Å². The van der Waals surface area contributed by atoms with E-state index in [9.17, 15) is 9.59 Å². The van der Waals surface area contributed by atoms with Crippen LogP contribution in [-0.2, 0) is 9.59 Å². The Balaban J connectivity index is 1.36. The smallest absolute Gasteiger partial charge is 0.229 e. The van der Waals surface area contributed by atoms with E-state index >= 15 is 0 Å². The maximum atomic E-state index is 12.8. The maximum absolute atomic E-state index is 12.8. The summed E-state index contributed by atoms with van der Waals surface area (Å²) in [4.78, 5) is 32.9. The van der Waals surface area contributed by atoms with E-state index in [-0.39, 0.29) is 30.1 Å². The molecule has 0 bridgehead atoms. The van der Waals surface area contributed by atoms with E-state index in [0.29, 0.717) is 30.7 Å². The van der Waals surface area contributed by atoms with Crippen LogP contribution in [0.2, 0.25) is 0 Å². The summed E-state index contributed by atoms with van der Waals surface area (Å²) in [5.74, 6) is 1.19. The summed E-state index contributed by atoms with van der Waals surface area (Å²) in [7, 11) is 0. The summed E-state index contributed by atoms with van der Waals surface area (Å²) in [6.07, 6.45) is 1.86. The summed E-state index contributed by atoms with van der Waals surface area (Å²) >= 11 is 1.37. The Labute approximate surface area is 154 Å². The minimum atomic E-state index is -0.310. The lowest BCUT2D eigenvalue weighted by atomic mass is 9.95. The molecule has 0 saturated carbocycles. The van der Waals surface area contributed by atoms with Crippen LogP contribution in [0.3, 0.4) is 0 Å². The molecule has 138 valence electrons. The van der Waals surface area contributed by atoms with E-state index in [2.05, 4.69) is 20.3 Å². The molecule has 2 aromatic heterocycles. The van der Waals surface area contributed by atoms with Crippen LogP contribution in [0.1, 0.15) is 41.9 Å². The summed E-state index contributed by atoms with van der Waals surface area (Å²) in [5.41, 5.74) is 0. The quantitative estimate of drug-likeness (QED) is 0.795. The van der Waals surface area contributed by atoms with Crippen molar-refractivity contribution in [2.45, 2.75) is 39.0 Å². The first-order valence-electron chi connectivity index (χ1n) is 8.70. The molecule has 2 aromatic rings. The van der Waals surface area contributed by atoms with Crippen LogP contribution in [0.5, 0.6) is 0 Å². The molecule has 0 N–H and O–H groups in total. The molecule has 2 amide bonds. The molecule has 0 aromatic carbocycles. The molecule has 1 atom stereocenters. The first-order chi connectivity index (χ1) is 12.5. The molecule has 0 aliphatic carbocycles. The van der Waals surface area contributed by atoms with Gasteiger partial charge in [0.2, 0.25) is 22.8 Å². The molecule has 0 radical (unpaired) electrons. The number of carbonyl (C=O) groups excluding carboxylic acids is 2. The van der Waals surface area contributed by atoms with Gasteiger partial charge in [-0.25, -0.2) is 0 Å². The Morgan fingerprint density at radius 2 is 2.00 bits per heavy atom. The fourth-order valence-electron chi connectivity index (χ4n) is 3.55. The zero-order valence-electron chi connectivity index (χ0n) is 14.7. The SMILES string of the molecule is Cc1nc(C2CCN(C(=O)C3CC(=O)N(c4nnc(C)s4)C3)CC2)no1. The third kappa shape index (κ3) is 3.20. The molecule has 1 unspecified atom stereocenters. The third-order valence-corrected chi connectivity index (χ3v) is 5.80. The van der Waals surface area contributed by atoms with Crippen LogP contribution in [-0.4, -0.2) is 56.7 Å². The Morgan fingerprint density at radius 1 is 1.23 bits per heavy atom. The van der Waals surface area contributed by atoms with Crippen molar-refractivity contribution >= 4 is 28.3 Å². The zero-order valence-corrected chi connectivity index (χ0v) is 15.5. The summed E-state index contributed by atoms with van der Waals surface area (Å²) in [6.45, 7) is 5.31. The molecule has 26 heavy (non-hydrogen) atoms. The van der Waals surface area contributed by atoms with Gasteiger partial charge in [-0.3, -0.25) is 14.5 Å². The van der Waals surface area contributed by atoms with Gasteiger partial charge >= 0.3 is 0 Å². The van der Waals surface area contributed by atoms with E-state index in [0.717, 1.165) is 23.7 Å². The van der Waals surface area contributed by atoms with Crippen molar-refractivity contribution in [3.63, 3.8) is 0 Å². The van der Waals surface area contributed by atoms with Gasteiger partial charge in [-0.15, -0.1) is 10.2 Å². The number of amides is 2. The van der Waals surface area contributed by atoms with Crippen molar-refractivity contribution in [2.24, 2.45) is 5.92 Å². The van der Waals surface area contributed by atoms with Gasteiger partial charge in [0.15, 0.2) is 5.82 Å². The van der Waals surface area contributed by atoms with Crippen molar-refractivity contribution < 1.29 is 14.1 Å². The Morgan fingerprint density at radius 3 is 2.62 bits per heavy atom. The normalized spacial score (nSPS) is 21.6.